The predicted molar refractivity (Wildman–Crippen MR) is 167 cm³/mol. The van der Waals surface area contributed by atoms with E-state index in [0.29, 0.717) is 19.4 Å². The van der Waals surface area contributed by atoms with Gasteiger partial charge >= 0.3 is 0 Å². The van der Waals surface area contributed by atoms with Crippen molar-refractivity contribution in [1.29, 1.82) is 0 Å². The van der Waals surface area contributed by atoms with Crippen LogP contribution < -0.4 is 4.90 Å². The minimum Gasteiger partial charge on any atom is -0.361 e. The highest BCUT2D eigenvalue weighted by Crippen LogP contribution is 2.48. The molecule has 2 aliphatic rings. The summed E-state index contributed by atoms with van der Waals surface area (Å²) in [7, 11) is -2.35. The van der Waals surface area contributed by atoms with Gasteiger partial charge in [0.25, 0.3) is 0 Å². The molecule has 0 aromatic carbocycles. The van der Waals surface area contributed by atoms with E-state index in [1.54, 1.807) is 11.3 Å². The van der Waals surface area contributed by atoms with Crippen molar-refractivity contribution in [3.05, 3.63) is 29.7 Å². The van der Waals surface area contributed by atoms with Crippen LogP contribution in [0.5, 0.6) is 0 Å². The van der Waals surface area contributed by atoms with Gasteiger partial charge in [0.15, 0.2) is 5.65 Å². The maximum Gasteiger partial charge on any atom is 0.166 e. The van der Waals surface area contributed by atoms with Crippen molar-refractivity contribution >= 4 is 38.9 Å². The van der Waals surface area contributed by atoms with Gasteiger partial charge in [-0.3, -0.25) is 4.98 Å². The lowest BCUT2D eigenvalue weighted by Gasteiger charge is -2.30. The first-order valence-electron chi connectivity index (χ1n) is 14.7. The van der Waals surface area contributed by atoms with Crippen molar-refractivity contribution in [3.8, 4) is 10.4 Å². The van der Waals surface area contributed by atoms with Gasteiger partial charge in [0, 0.05) is 53.2 Å². The van der Waals surface area contributed by atoms with E-state index >= 15 is 0 Å². The molecule has 3 atom stereocenters. The zero-order chi connectivity index (χ0) is 27.6. The minimum atomic E-state index is -1.17. The van der Waals surface area contributed by atoms with Crippen LogP contribution in [0, 0.1) is 11.8 Å². The first kappa shape index (κ1) is 28.9. The molecule has 214 valence electrons. The topological polar surface area (TPSA) is 64.8 Å². The summed E-state index contributed by atoms with van der Waals surface area (Å²) in [6, 6.07) is 4.59. The fourth-order valence-electron chi connectivity index (χ4n) is 5.95. The van der Waals surface area contributed by atoms with Gasteiger partial charge in [-0.25, -0.2) is 4.98 Å². The van der Waals surface area contributed by atoms with Crippen LogP contribution >= 0.6 is 11.3 Å². The lowest BCUT2D eigenvalue weighted by Crippen LogP contribution is -2.33. The van der Waals surface area contributed by atoms with E-state index in [-0.39, 0.29) is 0 Å². The van der Waals surface area contributed by atoms with E-state index in [2.05, 4.69) is 55.2 Å². The maximum atomic E-state index is 6.30. The van der Waals surface area contributed by atoms with Crippen molar-refractivity contribution in [2.24, 2.45) is 11.8 Å². The van der Waals surface area contributed by atoms with Gasteiger partial charge in [0.1, 0.15) is 19.3 Å². The molecular weight excluding hydrogens is 539 g/mol. The van der Waals surface area contributed by atoms with Crippen LogP contribution in [0.1, 0.15) is 43.7 Å². The summed E-state index contributed by atoms with van der Waals surface area (Å²) in [6.45, 7) is 16.9. The molecule has 3 aromatic rings. The molecule has 3 aromatic heterocycles. The number of hydrogen-bond donors (Lipinski definition) is 0. The molecule has 3 heterocycles. The minimum absolute atomic E-state index is 0.488. The number of ether oxygens (including phenoxy) is 2. The van der Waals surface area contributed by atoms with Crippen molar-refractivity contribution in [2.75, 3.05) is 31.6 Å². The summed E-state index contributed by atoms with van der Waals surface area (Å²) in [5, 5.41) is 4.85. The predicted octanol–water partition coefficient (Wildman–Crippen LogP) is 7.58. The smallest absolute Gasteiger partial charge is 0.166 e. The van der Waals surface area contributed by atoms with Crippen LogP contribution in [-0.4, -0.2) is 62.4 Å². The molecule has 0 aliphatic heterocycles. The molecular formula is C29H47N5O2SSi2. The van der Waals surface area contributed by atoms with Gasteiger partial charge in [-0.05, 0) is 43.2 Å². The Morgan fingerprint density at radius 1 is 0.923 bits per heavy atom. The highest BCUT2D eigenvalue weighted by atomic mass is 32.1. The molecule has 1 unspecified atom stereocenters. The first-order chi connectivity index (χ1) is 18.6. The Bertz CT molecular complexity index is 1190. The monoisotopic (exact) mass is 585 g/mol. The fourth-order valence-corrected chi connectivity index (χ4v) is 8.09. The molecule has 2 bridgehead atoms. The van der Waals surface area contributed by atoms with Crippen LogP contribution in [0.15, 0.2) is 24.0 Å². The second kappa shape index (κ2) is 12.1. The van der Waals surface area contributed by atoms with E-state index in [1.807, 2.05) is 22.4 Å². The van der Waals surface area contributed by atoms with Gasteiger partial charge in [-0.1, -0.05) is 52.1 Å². The molecule has 0 radical (unpaired) electrons. The summed E-state index contributed by atoms with van der Waals surface area (Å²) in [5.41, 5.74) is 5.06. The zero-order valence-electron chi connectivity index (χ0n) is 24.8. The number of anilines is 1. The summed E-state index contributed by atoms with van der Waals surface area (Å²) in [6.07, 6.45) is 10.6. The second-order valence-electron chi connectivity index (χ2n) is 14.1. The largest absolute Gasteiger partial charge is 0.361 e. The normalized spacial score (nSPS) is 21.6. The summed E-state index contributed by atoms with van der Waals surface area (Å²) in [4.78, 5) is 13.0. The van der Waals surface area contributed by atoms with E-state index in [1.165, 1.54) is 37.8 Å². The number of aromatic nitrogens is 4. The van der Waals surface area contributed by atoms with E-state index in [0.717, 1.165) is 59.0 Å². The van der Waals surface area contributed by atoms with E-state index in [9.17, 15) is 0 Å². The van der Waals surface area contributed by atoms with Gasteiger partial charge < -0.3 is 14.4 Å². The standard InChI is InChI=1S/C29H47N5O2SSi2/c1-38(2,3)11-9-35-20-33(21-36-10-12-39(4,5)6)28-16-26(24-14-22-7-8-23(13-22)15-24)32-29-25(17-31-34(28)29)27-18-30-19-37-27/h16-19,22-24H,7-15,20-21H2,1-6H3/t22-,23+,24?. The average molecular weight is 586 g/mol. The Morgan fingerprint density at radius 3 is 2.13 bits per heavy atom. The number of nitrogens with zero attached hydrogens (tertiary/aromatic N) is 5. The van der Waals surface area contributed by atoms with Crippen LogP contribution in [0.4, 0.5) is 5.82 Å². The molecule has 7 nitrogen and oxygen atoms in total. The van der Waals surface area contributed by atoms with Gasteiger partial charge in [-0.15, -0.1) is 11.3 Å². The highest BCUT2D eigenvalue weighted by Gasteiger charge is 2.36. The highest BCUT2D eigenvalue weighted by molar-refractivity contribution is 7.13. The molecule has 10 heteroatoms. The molecule has 2 fully saturated rings. The van der Waals surface area contributed by atoms with Crippen molar-refractivity contribution in [2.45, 2.75) is 89.4 Å². The van der Waals surface area contributed by atoms with E-state index < -0.39 is 16.1 Å². The zero-order valence-corrected chi connectivity index (χ0v) is 27.6. The number of thiazole rings is 1. The first-order valence-corrected chi connectivity index (χ1v) is 23.0. The number of hydrogen-bond acceptors (Lipinski definition) is 7. The van der Waals surface area contributed by atoms with Crippen molar-refractivity contribution in [3.63, 3.8) is 0 Å². The Kier molecular flexibility index (Phi) is 8.97. The Hall–Kier alpha value is -1.60. The van der Waals surface area contributed by atoms with Crippen LogP contribution in [0.3, 0.4) is 0 Å². The Morgan fingerprint density at radius 2 is 1.56 bits per heavy atom. The molecule has 0 saturated heterocycles. The molecule has 0 spiro atoms. The molecule has 0 amide bonds. The quantitative estimate of drug-likeness (QED) is 0.117. The molecule has 0 N–H and O–H groups in total. The van der Waals surface area contributed by atoms with Crippen LogP contribution in [0.2, 0.25) is 51.4 Å². The SMILES string of the molecule is C[Si](C)(C)CCOCN(COCC[Si](C)(C)C)c1cc(C2C[C@H]3CC[C@@H](C2)C3)nc2c(-c3cncs3)cnn12. The summed E-state index contributed by atoms with van der Waals surface area (Å²) >= 11 is 1.64. The Labute approximate surface area is 240 Å². The van der Waals surface area contributed by atoms with Crippen LogP contribution in [0.25, 0.3) is 16.1 Å². The second-order valence-corrected chi connectivity index (χ2v) is 26.3. The van der Waals surface area contributed by atoms with Gasteiger partial charge in [-0.2, -0.15) is 9.61 Å². The molecule has 2 saturated carbocycles. The van der Waals surface area contributed by atoms with Crippen molar-refractivity contribution in [1.82, 2.24) is 19.6 Å². The third-order valence-electron chi connectivity index (χ3n) is 8.29. The van der Waals surface area contributed by atoms with Crippen molar-refractivity contribution < 1.29 is 9.47 Å². The molecule has 39 heavy (non-hydrogen) atoms. The fraction of sp³-hybridized carbons (Fsp3) is 0.690. The Balaban J connectivity index is 1.47. The van der Waals surface area contributed by atoms with E-state index in [4.69, 9.17) is 19.6 Å². The maximum absolute atomic E-state index is 6.30. The summed E-state index contributed by atoms with van der Waals surface area (Å²) in [5.74, 6) is 3.23. The summed E-state index contributed by atoms with van der Waals surface area (Å²) < 4.78 is 14.6. The molecule has 2 aliphatic carbocycles. The van der Waals surface area contributed by atoms with Gasteiger partial charge in [0.2, 0.25) is 0 Å². The van der Waals surface area contributed by atoms with Crippen LogP contribution in [-0.2, 0) is 9.47 Å². The number of rotatable bonds is 13. The third-order valence-corrected chi connectivity index (χ3v) is 12.5. The lowest BCUT2D eigenvalue weighted by atomic mass is 9.79. The molecule has 5 rings (SSSR count). The lowest BCUT2D eigenvalue weighted by molar-refractivity contribution is 0.0942. The average Bonchev–Trinajstić information content (AvgIpc) is 3.61. The third kappa shape index (κ3) is 7.58. The van der Waals surface area contributed by atoms with Gasteiger partial charge in [0.05, 0.1) is 22.1 Å². The number of fused-ring (bicyclic) bond motifs is 3.